The first-order chi connectivity index (χ1) is 11.3. The fraction of sp³-hybridized carbons (Fsp3) is 0.176. The summed E-state index contributed by atoms with van der Waals surface area (Å²) in [6.07, 6.45) is -4.28. The van der Waals surface area contributed by atoms with Gasteiger partial charge in [-0.25, -0.2) is 4.98 Å². The molecule has 0 saturated carbocycles. The average molecular weight is 353 g/mol. The minimum absolute atomic E-state index is 0.106. The number of nitrogens with zero attached hydrogens (tertiary/aromatic N) is 2. The van der Waals surface area contributed by atoms with Crippen molar-refractivity contribution in [3.8, 4) is 5.75 Å². The van der Waals surface area contributed by atoms with Crippen molar-refractivity contribution in [3.63, 3.8) is 0 Å². The number of fused-ring (bicyclic) bond motifs is 1. The second-order valence-electron chi connectivity index (χ2n) is 5.30. The van der Waals surface area contributed by atoms with Crippen LogP contribution in [-0.2, 0) is 0 Å². The molecule has 3 rings (SSSR count). The number of alkyl halides is 3. The van der Waals surface area contributed by atoms with E-state index < -0.39 is 12.3 Å². The lowest BCUT2D eigenvalue weighted by Gasteiger charge is -2.22. The minimum Gasteiger partial charge on any atom is -0.473 e. The van der Waals surface area contributed by atoms with E-state index in [1.807, 2.05) is 13.0 Å². The van der Waals surface area contributed by atoms with Crippen molar-refractivity contribution in [2.75, 3.05) is 0 Å². The van der Waals surface area contributed by atoms with Crippen molar-refractivity contribution < 1.29 is 17.9 Å². The molecule has 0 saturated heterocycles. The highest BCUT2D eigenvalue weighted by molar-refractivity contribution is 6.31. The number of aryl methyl sites for hydroxylation is 1. The SMILES string of the molecule is Cc1ccc2nc(Cl)c(OC(c3cccnc3)C(F)(F)F)cc2c1. The summed E-state index contributed by atoms with van der Waals surface area (Å²) in [6.45, 7) is 1.88. The van der Waals surface area contributed by atoms with Gasteiger partial charge in [0.1, 0.15) is 0 Å². The Morgan fingerprint density at radius 1 is 1.17 bits per heavy atom. The first kappa shape index (κ1) is 16.5. The van der Waals surface area contributed by atoms with Gasteiger partial charge in [0.25, 0.3) is 0 Å². The monoisotopic (exact) mass is 352 g/mol. The van der Waals surface area contributed by atoms with Crippen LogP contribution in [0, 0.1) is 6.92 Å². The second-order valence-corrected chi connectivity index (χ2v) is 5.66. The van der Waals surface area contributed by atoms with Gasteiger partial charge in [-0.1, -0.05) is 29.3 Å². The summed E-state index contributed by atoms with van der Waals surface area (Å²) >= 11 is 6.01. The molecule has 0 fully saturated rings. The van der Waals surface area contributed by atoms with E-state index >= 15 is 0 Å². The first-order valence-electron chi connectivity index (χ1n) is 7.05. The summed E-state index contributed by atoms with van der Waals surface area (Å²) in [5, 5.41) is 0.533. The van der Waals surface area contributed by atoms with Crippen molar-refractivity contribution in [2.45, 2.75) is 19.2 Å². The second kappa shape index (κ2) is 6.28. The lowest BCUT2D eigenvalue weighted by molar-refractivity contribution is -0.198. The lowest BCUT2D eigenvalue weighted by Crippen LogP contribution is -2.26. The molecule has 0 aliphatic carbocycles. The van der Waals surface area contributed by atoms with Crippen LogP contribution < -0.4 is 4.74 Å². The Hall–Kier alpha value is -2.34. The summed E-state index contributed by atoms with van der Waals surface area (Å²) < 4.78 is 45.3. The molecule has 7 heteroatoms. The first-order valence-corrected chi connectivity index (χ1v) is 7.42. The number of pyridine rings is 2. The number of halogens is 4. The summed E-state index contributed by atoms with van der Waals surface area (Å²) in [5.74, 6) is -0.124. The summed E-state index contributed by atoms with van der Waals surface area (Å²) in [6, 6.07) is 9.59. The van der Waals surface area contributed by atoms with Gasteiger partial charge in [-0.15, -0.1) is 0 Å². The highest BCUT2D eigenvalue weighted by Crippen LogP contribution is 2.39. The normalized spacial score (nSPS) is 13.0. The number of hydrogen-bond acceptors (Lipinski definition) is 3. The van der Waals surface area contributed by atoms with Crippen LogP contribution in [0.25, 0.3) is 10.9 Å². The number of hydrogen-bond donors (Lipinski definition) is 0. The van der Waals surface area contributed by atoms with E-state index in [0.717, 1.165) is 11.8 Å². The lowest BCUT2D eigenvalue weighted by atomic mass is 10.1. The number of benzene rings is 1. The van der Waals surface area contributed by atoms with Crippen molar-refractivity contribution in [2.24, 2.45) is 0 Å². The Morgan fingerprint density at radius 3 is 2.62 bits per heavy atom. The van der Waals surface area contributed by atoms with Crippen molar-refractivity contribution in [1.82, 2.24) is 9.97 Å². The topological polar surface area (TPSA) is 35.0 Å². The molecule has 3 nitrogen and oxygen atoms in total. The molecule has 0 aliphatic rings. The van der Waals surface area contributed by atoms with E-state index in [1.54, 1.807) is 12.1 Å². The predicted octanol–water partition coefficient (Wildman–Crippen LogP) is 5.27. The molecule has 1 unspecified atom stereocenters. The summed E-state index contributed by atoms with van der Waals surface area (Å²) in [7, 11) is 0. The molecule has 24 heavy (non-hydrogen) atoms. The molecule has 1 atom stereocenters. The van der Waals surface area contributed by atoms with Crippen LogP contribution in [0.1, 0.15) is 17.2 Å². The Morgan fingerprint density at radius 2 is 1.96 bits per heavy atom. The van der Waals surface area contributed by atoms with E-state index in [1.165, 1.54) is 24.4 Å². The average Bonchev–Trinajstić information content (AvgIpc) is 2.53. The maximum Gasteiger partial charge on any atom is 0.429 e. The van der Waals surface area contributed by atoms with Crippen LogP contribution in [0.15, 0.2) is 48.8 Å². The summed E-state index contributed by atoms with van der Waals surface area (Å²) in [5.41, 5.74) is 1.44. The van der Waals surface area contributed by atoms with Gasteiger partial charge in [-0.05, 0) is 31.2 Å². The fourth-order valence-corrected chi connectivity index (χ4v) is 2.51. The van der Waals surface area contributed by atoms with Gasteiger partial charge in [0.15, 0.2) is 10.9 Å². The van der Waals surface area contributed by atoms with Crippen LogP contribution >= 0.6 is 11.6 Å². The maximum absolute atomic E-state index is 13.4. The molecule has 0 amide bonds. The molecule has 0 N–H and O–H groups in total. The molecule has 124 valence electrons. The van der Waals surface area contributed by atoms with E-state index in [-0.39, 0.29) is 16.5 Å². The highest BCUT2D eigenvalue weighted by atomic mass is 35.5. The zero-order valence-electron chi connectivity index (χ0n) is 12.5. The third-order valence-electron chi connectivity index (χ3n) is 3.42. The van der Waals surface area contributed by atoms with Gasteiger partial charge in [0, 0.05) is 23.3 Å². The van der Waals surface area contributed by atoms with Gasteiger partial charge < -0.3 is 4.74 Å². The van der Waals surface area contributed by atoms with Gasteiger partial charge in [-0.3, -0.25) is 4.98 Å². The number of rotatable bonds is 3. The quantitative estimate of drug-likeness (QED) is 0.602. The predicted molar refractivity (Wildman–Crippen MR) is 85.2 cm³/mol. The smallest absolute Gasteiger partial charge is 0.429 e. The molecule has 1 aromatic carbocycles. The third-order valence-corrected chi connectivity index (χ3v) is 3.69. The highest BCUT2D eigenvalue weighted by Gasteiger charge is 2.43. The van der Waals surface area contributed by atoms with Crippen molar-refractivity contribution in [1.29, 1.82) is 0 Å². The third kappa shape index (κ3) is 3.43. The molecule has 3 aromatic rings. The van der Waals surface area contributed by atoms with Gasteiger partial charge in [-0.2, -0.15) is 13.2 Å². The molecule has 2 heterocycles. The molecule has 0 radical (unpaired) electrons. The largest absolute Gasteiger partial charge is 0.473 e. The minimum atomic E-state index is -4.62. The Bertz CT molecular complexity index is 869. The zero-order valence-corrected chi connectivity index (χ0v) is 13.3. The van der Waals surface area contributed by atoms with Crippen LogP contribution in [0.5, 0.6) is 5.75 Å². The van der Waals surface area contributed by atoms with Crippen LogP contribution in [0.4, 0.5) is 13.2 Å². The van der Waals surface area contributed by atoms with E-state index in [2.05, 4.69) is 9.97 Å². The Kier molecular flexibility index (Phi) is 4.32. The van der Waals surface area contributed by atoms with E-state index in [9.17, 15) is 13.2 Å². The molecule has 0 aliphatic heterocycles. The van der Waals surface area contributed by atoms with Crippen LogP contribution in [-0.4, -0.2) is 16.1 Å². The Balaban J connectivity index is 2.04. The Labute approximate surface area is 141 Å². The summed E-state index contributed by atoms with van der Waals surface area (Å²) in [4.78, 5) is 7.82. The van der Waals surface area contributed by atoms with Crippen LogP contribution in [0.3, 0.4) is 0 Å². The standard InChI is InChI=1S/C17H12ClF3N2O/c1-10-4-5-13-12(7-10)8-14(16(18)23-13)24-15(17(19,20)21)11-3-2-6-22-9-11/h2-9,15H,1H3. The van der Waals surface area contributed by atoms with Gasteiger partial charge >= 0.3 is 6.18 Å². The van der Waals surface area contributed by atoms with E-state index in [0.29, 0.717) is 10.9 Å². The number of ether oxygens (including phenoxy) is 1. The zero-order chi connectivity index (χ0) is 17.3. The van der Waals surface area contributed by atoms with Gasteiger partial charge in [0.2, 0.25) is 6.10 Å². The van der Waals surface area contributed by atoms with Crippen LogP contribution in [0.2, 0.25) is 5.15 Å². The molecular formula is C17H12ClF3N2O. The van der Waals surface area contributed by atoms with Crippen molar-refractivity contribution in [3.05, 3.63) is 65.1 Å². The molecule has 2 aromatic heterocycles. The molecule has 0 bridgehead atoms. The fourth-order valence-electron chi connectivity index (χ4n) is 2.32. The van der Waals surface area contributed by atoms with Gasteiger partial charge in [0.05, 0.1) is 5.52 Å². The molecular weight excluding hydrogens is 341 g/mol. The van der Waals surface area contributed by atoms with Crippen molar-refractivity contribution >= 4 is 22.5 Å². The van der Waals surface area contributed by atoms with E-state index in [4.69, 9.17) is 16.3 Å². The maximum atomic E-state index is 13.4. The number of aromatic nitrogens is 2. The molecule has 0 spiro atoms.